The summed E-state index contributed by atoms with van der Waals surface area (Å²) in [5.41, 5.74) is 1.81. The summed E-state index contributed by atoms with van der Waals surface area (Å²) in [6.07, 6.45) is 1.06. The molecular weight excluding hydrogens is 326 g/mol. The van der Waals surface area contributed by atoms with E-state index in [1.807, 2.05) is 18.2 Å². The largest absolute Gasteiger partial charge is 0.426 e. The Morgan fingerprint density at radius 3 is 2.58 bits per heavy atom. The highest BCUT2D eigenvalue weighted by Crippen LogP contribution is 2.31. The van der Waals surface area contributed by atoms with Crippen LogP contribution in [0.25, 0.3) is 0 Å². The molecule has 0 N–H and O–H groups in total. The molecule has 1 saturated heterocycles. The van der Waals surface area contributed by atoms with Gasteiger partial charge in [0.05, 0.1) is 16.6 Å². The minimum atomic E-state index is -0.486. The summed E-state index contributed by atoms with van der Waals surface area (Å²) in [5.74, 6) is -0.492. The molecule has 4 nitrogen and oxygen atoms in total. The fourth-order valence-electron chi connectivity index (χ4n) is 2.76. The summed E-state index contributed by atoms with van der Waals surface area (Å²) >= 11 is 6.15. The number of benzene rings is 2. The number of halogens is 1. The van der Waals surface area contributed by atoms with Crippen molar-refractivity contribution in [2.24, 2.45) is 5.92 Å². The number of ether oxygens (including phenoxy) is 1. The number of esters is 1. The van der Waals surface area contributed by atoms with Gasteiger partial charge >= 0.3 is 5.97 Å². The summed E-state index contributed by atoms with van der Waals surface area (Å²) < 4.78 is 5.41. The van der Waals surface area contributed by atoms with Gasteiger partial charge in [0.1, 0.15) is 5.75 Å². The smallest absolute Gasteiger partial charge is 0.316 e. The Hall–Kier alpha value is -2.33. The molecule has 2 aromatic rings. The molecule has 0 aliphatic carbocycles. The molecule has 2 aromatic carbocycles. The maximum atomic E-state index is 12.3. The second kappa shape index (κ2) is 7.05. The predicted molar refractivity (Wildman–Crippen MR) is 93.4 cm³/mol. The fourth-order valence-corrected chi connectivity index (χ4v) is 3.00. The van der Waals surface area contributed by atoms with Crippen molar-refractivity contribution in [3.05, 3.63) is 59.1 Å². The van der Waals surface area contributed by atoms with Crippen LogP contribution >= 0.6 is 11.6 Å². The van der Waals surface area contributed by atoms with Crippen LogP contribution < -0.4 is 9.64 Å². The summed E-state index contributed by atoms with van der Waals surface area (Å²) in [7, 11) is 0. The highest BCUT2D eigenvalue weighted by atomic mass is 35.5. The minimum Gasteiger partial charge on any atom is -0.426 e. The average molecular weight is 344 g/mol. The van der Waals surface area contributed by atoms with E-state index < -0.39 is 5.92 Å². The third-order valence-electron chi connectivity index (χ3n) is 4.15. The van der Waals surface area contributed by atoms with Gasteiger partial charge in [0, 0.05) is 13.0 Å². The van der Waals surface area contributed by atoms with E-state index in [0.29, 0.717) is 16.5 Å². The lowest BCUT2D eigenvalue weighted by atomic mass is 10.1. The van der Waals surface area contributed by atoms with Crippen molar-refractivity contribution in [3.8, 4) is 5.75 Å². The highest BCUT2D eigenvalue weighted by Gasteiger charge is 2.37. The van der Waals surface area contributed by atoms with Crippen molar-refractivity contribution in [2.45, 2.75) is 19.8 Å². The van der Waals surface area contributed by atoms with Gasteiger partial charge in [-0.3, -0.25) is 9.59 Å². The first-order chi connectivity index (χ1) is 11.6. The monoisotopic (exact) mass is 343 g/mol. The number of carbonyl (C=O) groups excluding carboxylic acids is 2. The number of amides is 1. The number of para-hydroxylation sites is 1. The van der Waals surface area contributed by atoms with Gasteiger partial charge in [0.25, 0.3) is 0 Å². The Morgan fingerprint density at radius 2 is 1.92 bits per heavy atom. The molecule has 1 heterocycles. The molecule has 1 amide bonds. The summed E-state index contributed by atoms with van der Waals surface area (Å²) in [6, 6.07) is 14.5. The topological polar surface area (TPSA) is 46.6 Å². The van der Waals surface area contributed by atoms with E-state index in [4.69, 9.17) is 16.3 Å². The zero-order chi connectivity index (χ0) is 17.1. The highest BCUT2D eigenvalue weighted by molar-refractivity contribution is 6.33. The Balaban J connectivity index is 1.68. The number of nitrogens with zero attached hydrogens (tertiary/aromatic N) is 1. The molecule has 1 aliphatic rings. The lowest BCUT2D eigenvalue weighted by Crippen LogP contribution is -2.27. The summed E-state index contributed by atoms with van der Waals surface area (Å²) in [6.45, 7) is 2.35. The summed E-state index contributed by atoms with van der Waals surface area (Å²) in [4.78, 5) is 26.1. The van der Waals surface area contributed by atoms with E-state index in [1.165, 1.54) is 5.56 Å². The van der Waals surface area contributed by atoms with Gasteiger partial charge < -0.3 is 9.64 Å². The van der Waals surface area contributed by atoms with Gasteiger partial charge in [-0.15, -0.1) is 0 Å². The van der Waals surface area contributed by atoms with E-state index in [2.05, 4.69) is 6.92 Å². The van der Waals surface area contributed by atoms with Crippen molar-refractivity contribution >= 4 is 29.2 Å². The Labute approximate surface area is 146 Å². The number of anilines is 1. The van der Waals surface area contributed by atoms with Crippen LogP contribution in [-0.4, -0.2) is 18.4 Å². The van der Waals surface area contributed by atoms with Crippen molar-refractivity contribution < 1.29 is 14.3 Å². The number of carbonyl (C=O) groups is 2. The third kappa shape index (κ3) is 3.44. The second-order valence-electron chi connectivity index (χ2n) is 5.78. The standard InChI is InChI=1S/C19H18ClNO3/c1-2-13-7-9-15(10-8-13)24-19(23)14-11-18(22)21(12-14)17-6-4-3-5-16(17)20/h3-10,14H,2,11-12H2,1H3/t14-/m1/s1. The van der Waals surface area contributed by atoms with Crippen molar-refractivity contribution in [1.82, 2.24) is 0 Å². The van der Waals surface area contributed by atoms with Gasteiger partial charge in [-0.25, -0.2) is 0 Å². The number of aryl methyl sites for hydroxylation is 1. The maximum Gasteiger partial charge on any atom is 0.316 e. The van der Waals surface area contributed by atoms with Crippen molar-refractivity contribution in [2.75, 3.05) is 11.4 Å². The van der Waals surface area contributed by atoms with Crippen LogP contribution in [0.4, 0.5) is 5.69 Å². The molecule has 0 unspecified atom stereocenters. The first kappa shape index (κ1) is 16.5. The van der Waals surface area contributed by atoms with Gasteiger partial charge in [0.15, 0.2) is 0 Å². The molecular formula is C19H18ClNO3. The number of rotatable bonds is 4. The molecule has 124 valence electrons. The normalized spacial score (nSPS) is 17.2. The van der Waals surface area contributed by atoms with Crippen molar-refractivity contribution in [1.29, 1.82) is 0 Å². The van der Waals surface area contributed by atoms with Crippen LogP contribution in [0, 0.1) is 5.92 Å². The van der Waals surface area contributed by atoms with Crippen LogP contribution in [0.15, 0.2) is 48.5 Å². The van der Waals surface area contributed by atoms with Crippen LogP contribution in [0.5, 0.6) is 5.75 Å². The third-order valence-corrected chi connectivity index (χ3v) is 4.47. The maximum absolute atomic E-state index is 12.3. The number of hydrogen-bond donors (Lipinski definition) is 0. The molecule has 0 spiro atoms. The van der Waals surface area contributed by atoms with E-state index in [9.17, 15) is 9.59 Å². The fraction of sp³-hybridized carbons (Fsp3) is 0.263. The zero-order valence-corrected chi connectivity index (χ0v) is 14.1. The molecule has 5 heteroatoms. The zero-order valence-electron chi connectivity index (χ0n) is 13.4. The molecule has 1 atom stereocenters. The van der Waals surface area contributed by atoms with Crippen LogP contribution in [-0.2, 0) is 16.0 Å². The van der Waals surface area contributed by atoms with Crippen LogP contribution in [0.1, 0.15) is 18.9 Å². The average Bonchev–Trinajstić information content (AvgIpc) is 2.98. The molecule has 1 aliphatic heterocycles. The van der Waals surface area contributed by atoms with E-state index in [-0.39, 0.29) is 24.8 Å². The van der Waals surface area contributed by atoms with Gasteiger partial charge in [-0.05, 0) is 36.2 Å². The van der Waals surface area contributed by atoms with E-state index >= 15 is 0 Å². The van der Waals surface area contributed by atoms with E-state index in [1.54, 1.807) is 35.2 Å². The van der Waals surface area contributed by atoms with Gasteiger partial charge in [-0.2, -0.15) is 0 Å². The molecule has 0 aromatic heterocycles. The number of hydrogen-bond acceptors (Lipinski definition) is 3. The van der Waals surface area contributed by atoms with E-state index in [0.717, 1.165) is 6.42 Å². The first-order valence-electron chi connectivity index (χ1n) is 7.94. The Kier molecular flexibility index (Phi) is 4.86. The minimum absolute atomic E-state index is 0.119. The SMILES string of the molecule is CCc1ccc(OC(=O)[C@@H]2CC(=O)N(c3ccccc3Cl)C2)cc1. The Morgan fingerprint density at radius 1 is 1.21 bits per heavy atom. The first-order valence-corrected chi connectivity index (χ1v) is 8.31. The molecule has 0 radical (unpaired) electrons. The lowest BCUT2D eigenvalue weighted by Gasteiger charge is -2.17. The lowest BCUT2D eigenvalue weighted by molar-refractivity contribution is -0.139. The molecule has 0 saturated carbocycles. The second-order valence-corrected chi connectivity index (χ2v) is 6.18. The van der Waals surface area contributed by atoms with Gasteiger partial charge in [-0.1, -0.05) is 42.8 Å². The molecule has 0 bridgehead atoms. The molecule has 24 heavy (non-hydrogen) atoms. The molecule has 1 fully saturated rings. The van der Waals surface area contributed by atoms with Crippen LogP contribution in [0.3, 0.4) is 0 Å². The quantitative estimate of drug-likeness (QED) is 0.625. The van der Waals surface area contributed by atoms with Crippen molar-refractivity contribution in [3.63, 3.8) is 0 Å². The summed E-state index contributed by atoms with van der Waals surface area (Å²) in [5, 5.41) is 0.495. The van der Waals surface area contributed by atoms with Crippen LogP contribution in [0.2, 0.25) is 5.02 Å². The molecule has 3 rings (SSSR count). The predicted octanol–water partition coefficient (Wildman–Crippen LogP) is 3.86. The van der Waals surface area contributed by atoms with Gasteiger partial charge in [0.2, 0.25) is 5.91 Å². The Bertz CT molecular complexity index is 757.